The number of nitrogens with one attached hydrogen (secondary N) is 1. The van der Waals surface area contributed by atoms with Crippen LogP contribution in [0.1, 0.15) is 309 Å². The number of carbonyl (C=O) groups excluding carboxylic acids is 1. The molecule has 0 rings (SSSR count). The van der Waals surface area contributed by atoms with Crippen LogP contribution in [0.25, 0.3) is 0 Å². The van der Waals surface area contributed by atoms with Crippen LogP contribution >= 0.6 is 7.82 Å². The Kier molecular flexibility index (Phi) is 59.5. The van der Waals surface area contributed by atoms with Crippen molar-refractivity contribution in [2.45, 2.75) is 321 Å². The summed E-state index contributed by atoms with van der Waals surface area (Å²) in [5, 5.41) is 13.9. The Labute approximate surface area is 497 Å². The van der Waals surface area contributed by atoms with Gasteiger partial charge >= 0.3 is 0 Å². The molecule has 1 amide bonds. The maximum absolute atomic E-state index is 13.0. The number of rotatable bonds is 62. The first-order valence-corrected chi connectivity index (χ1v) is 35.4. The summed E-state index contributed by atoms with van der Waals surface area (Å²) in [5.74, 6) is -0.194. The zero-order valence-corrected chi connectivity index (χ0v) is 54.2. The highest BCUT2D eigenvalue weighted by atomic mass is 31.2. The molecule has 0 aromatic carbocycles. The molecule has 0 bridgehead atoms. The number of phosphoric ester groups is 1. The van der Waals surface area contributed by atoms with E-state index in [1.807, 2.05) is 27.2 Å². The summed E-state index contributed by atoms with van der Waals surface area (Å²) < 4.78 is 23.4. The van der Waals surface area contributed by atoms with Crippen molar-refractivity contribution in [1.29, 1.82) is 0 Å². The van der Waals surface area contributed by atoms with E-state index >= 15 is 0 Å². The molecule has 0 fully saturated rings. The van der Waals surface area contributed by atoms with E-state index in [2.05, 4.69) is 92.1 Å². The molecule has 0 heterocycles. The largest absolute Gasteiger partial charge is 0.756 e. The topological polar surface area (TPSA) is 108 Å². The minimum absolute atomic E-state index is 0.00128. The molecule has 80 heavy (non-hydrogen) atoms. The Morgan fingerprint density at radius 3 is 1.11 bits per heavy atom. The molecule has 0 saturated heterocycles. The minimum Gasteiger partial charge on any atom is -0.756 e. The average molecular weight is 1140 g/mol. The number of nitrogens with zero attached hydrogens (tertiary/aromatic N) is 1. The maximum atomic E-state index is 13.0. The number of hydrogen-bond acceptors (Lipinski definition) is 6. The summed E-state index contributed by atoms with van der Waals surface area (Å²) in [5.41, 5.74) is 0. The van der Waals surface area contributed by atoms with Gasteiger partial charge in [0, 0.05) is 6.42 Å². The molecule has 3 unspecified atom stereocenters. The number of aliphatic hydroxyl groups is 1. The second-order valence-corrected chi connectivity index (χ2v) is 25.6. The third-order valence-electron chi connectivity index (χ3n) is 15.1. The van der Waals surface area contributed by atoms with E-state index in [9.17, 15) is 19.4 Å². The SMILES string of the molecule is CC/C=C\C/C=C\C/C=C\C/C=C\C/C=C\C/C=C\CCCCCCCCCCCCCCCCCCCCCCC(=O)NC(COP(=O)([O-])OCC[N+](C)(C)C)C(O)/C=C/CCCCCCCCCCCCCCCCCCC. The molecule has 3 atom stereocenters. The van der Waals surface area contributed by atoms with Crippen molar-refractivity contribution in [2.24, 2.45) is 0 Å². The number of unbranched alkanes of at least 4 members (excludes halogenated alkanes) is 37. The number of phosphoric acid groups is 1. The van der Waals surface area contributed by atoms with Gasteiger partial charge < -0.3 is 28.8 Å². The lowest BCUT2D eigenvalue weighted by Crippen LogP contribution is -2.45. The number of quaternary nitrogens is 1. The first kappa shape index (κ1) is 77.7. The van der Waals surface area contributed by atoms with Crippen LogP contribution in [0.5, 0.6) is 0 Å². The predicted octanol–water partition coefficient (Wildman–Crippen LogP) is 20.9. The molecule has 0 aromatic rings. The summed E-state index contributed by atoms with van der Waals surface area (Å²) in [6.45, 7) is 4.57. The van der Waals surface area contributed by atoms with Crippen LogP contribution in [0.4, 0.5) is 0 Å². The lowest BCUT2D eigenvalue weighted by Gasteiger charge is -2.29. The quantitative estimate of drug-likeness (QED) is 0.0272. The van der Waals surface area contributed by atoms with Gasteiger partial charge in [-0.2, -0.15) is 0 Å². The first-order chi connectivity index (χ1) is 39.0. The van der Waals surface area contributed by atoms with Gasteiger partial charge in [0.15, 0.2) is 0 Å². The van der Waals surface area contributed by atoms with Crippen LogP contribution in [0.2, 0.25) is 0 Å². The third-order valence-corrected chi connectivity index (χ3v) is 16.1. The predicted molar refractivity (Wildman–Crippen MR) is 348 cm³/mol. The molecule has 0 aromatic heterocycles. The van der Waals surface area contributed by atoms with Crippen LogP contribution in [-0.4, -0.2) is 68.5 Å². The van der Waals surface area contributed by atoms with E-state index in [0.717, 1.165) is 77.0 Å². The monoisotopic (exact) mass is 1140 g/mol. The summed E-state index contributed by atoms with van der Waals surface area (Å²) in [7, 11) is 1.27. The molecule has 0 saturated carbocycles. The van der Waals surface area contributed by atoms with Crippen LogP contribution in [0, 0.1) is 0 Å². The normalized spacial score (nSPS) is 14.2. The molecule has 0 aliphatic carbocycles. The van der Waals surface area contributed by atoms with Gasteiger partial charge in [0.1, 0.15) is 13.2 Å². The van der Waals surface area contributed by atoms with Crippen LogP contribution < -0.4 is 10.2 Å². The molecular weight excluding hydrogens is 1010 g/mol. The molecule has 9 heteroatoms. The fourth-order valence-electron chi connectivity index (χ4n) is 9.87. The Hall–Kier alpha value is -2.32. The van der Waals surface area contributed by atoms with E-state index in [-0.39, 0.29) is 19.1 Å². The first-order valence-electron chi connectivity index (χ1n) is 33.9. The van der Waals surface area contributed by atoms with Gasteiger partial charge in [0.05, 0.1) is 39.9 Å². The van der Waals surface area contributed by atoms with Crippen molar-refractivity contribution in [2.75, 3.05) is 40.9 Å². The maximum Gasteiger partial charge on any atom is 0.268 e. The third kappa shape index (κ3) is 63.3. The van der Waals surface area contributed by atoms with Gasteiger partial charge in [0.2, 0.25) is 5.91 Å². The standard InChI is InChI=1S/C71H131N2O6P/c1-6-8-10-12-14-16-18-20-22-24-26-27-28-29-30-31-32-33-34-35-36-37-38-39-40-41-42-43-44-45-47-49-51-53-55-57-59-61-63-65-71(75)72-69(68-79-80(76,77)78-67-66-73(3,4)5)70(74)64-62-60-58-56-54-52-50-48-46-25-23-21-19-17-15-13-11-9-7-2/h8,10,14,16,20,22,26-27,29-30,32-33,62,64,69-70,74H,6-7,9,11-13,15,17-19,21,23-25,28,31,34-61,63,65-68H2,1-5H3,(H-,72,75,76,77)/b10-8-,16-14-,22-20-,27-26-,30-29-,33-32-,64-62+. The van der Waals surface area contributed by atoms with Crippen molar-refractivity contribution in [1.82, 2.24) is 5.32 Å². The fourth-order valence-corrected chi connectivity index (χ4v) is 10.6. The molecule has 0 radical (unpaired) electrons. The van der Waals surface area contributed by atoms with Crippen molar-refractivity contribution >= 4 is 13.7 Å². The molecule has 2 N–H and O–H groups in total. The van der Waals surface area contributed by atoms with Crippen LogP contribution in [-0.2, 0) is 18.4 Å². The smallest absolute Gasteiger partial charge is 0.268 e. The number of likely N-dealkylation sites (N-methyl/N-ethyl adjacent to an activating group) is 1. The highest BCUT2D eigenvalue weighted by Crippen LogP contribution is 2.38. The lowest BCUT2D eigenvalue weighted by molar-refractivity contribution is -0.870. The van der Waals surface area contributed by atoms with Crippen LogP contribution in [0.3, 0.4) is 0 Å². The van der Waals surface area contributed by atoms with Crippen LogP contribution in [0.15, 0.2) is 85.1 Å². The van der Waals surface area contributed by atoms with E-state index in [1.165, 1.54) is 212 Å². The van der Waals surface area contributed by atoms with Gasteiger partial charge in [-0.15, -0.1) is 0 Å². The number of amides is 1. The summed E-state index contributed by atoms with van der Waals surface area (Å²) in [4.78, 5) is 25.6. The Balaban J connectivity index is 3.99. The molecule has 0 spiro atoms. The second-order valence-electron chi connectivity index (χ2n) is 24.2. The van der Waals surface area contributed by atoms with Gasteiger partial charge in [-0.1, -0.05) is 317 Å². The fraction of sp³-hybridized carbons (Fsp3) is 0.789. The highest BCUT2D eigenvalue weighted by Gasteiger charge is 2.23. The van der Waals surface area contributed by atoms with Gasteiger partial charge in [-0.25, -0.2) is 0 Å². The van der Waals surface area contributed by atoms with Crippen molar-refractivity contribution < 1.29 is 32.9 Å². The number of carbonyl (C=O) groups is 1. The number of hydrogen-bond donors (Lipinski definition) is 2. The molecule has 8 nitrogen and oxygen atoms in total. The Morgan fingerprint density at radius 1 is 0.450 bits per heavy atom. The van der Waals surface area contributed by atoms with Gasteiger partial charge in [-0.3, -0.25) is 9.36 Å². The summed E-state index contributed by atoms with van der Waals surface area (Å²) in [6, 6.07) is -0.889. The molecule has 466 valence electrons. The highest BCUT2D eigenvalue weighted by molar-refractivity contribution is 7.45. The Bertz CT molecular complexity index is 1580. The zero-order chi connectivity index (χ0) is 58.4. The number of allylic oxidation sites excluding steroid dienone is 13. The van der Waals surface area contributed by atoms with E-state index in [0.29, 0.717) is 17.4 Å². The average Bonchev–Trinajstić information content (AvgIpc) is 3.42. The molecule has 0 aliphatic rings. The van der Waals surface area contributed by atoms with E-state index < -0.39 is 20.0 Å². The van der Waals surface area contributed by atoms with Crippen molar-refractivity contribution in [3.8, 4) is 0 Å². The zero-order valence-electron chi connectivity index (χ0n) is 53.3. The molecular formula is C71H131N2O6P. The minimum atomic E-state index is -4.60. The van der Waals surface area contributed by atoms with Gasteiger partial charge in [0.25, 0.3) is 7.82 Å². The molecule has 0 aliphatic heterocycles. The summed E-state index contributed by atoms with van der Waals surface area (Å²) in [6.07, 6.45) is 86.9. The van der Waals surface area contributed by atoms with E-state index in [4.69, 9.17) is 9.05 Å². The summed E-state index contributed by atoms with van der Waals surface area (Å²) >= 11 is 0. The second kappa shape index (κ2) is 61.2. The lowest BCUT2D eigenvalue weighted by atomic mass is 10.0. The number of aliphatic hydroxyl groups excluding tert-OH is 1. The van der Waals surface area contributed by atoms with E-state index in [1.54, 1.807) is 6.08 Å². The van der Waals surface area contributed by atoms with Crippen molar-refractivity contribution in [3.05, 3.63) is 85.1 Å². The van der Waals surface area contributed by atoms with Crippen molar-refractivity contribution in [3.63, 3.8) is 0 Å². The Morgan fingerprint density at radius 2 is 0.762 bits per heavy atom. The van der Waals surface area contributed by atoms with Gasteiger partial charge in [-0.05, 0) is 70.6 Å².